The molecule has 0 radical (unpaired) electrons. The van der Waals surface area contributed by atoms with E-state index in [4.69, 9.17) is 4.74 Å². The highest BCUT2D eigenvalue weighted by Crippen LogP contribution is 2.47. The molecule has 15 heavy (non-hydrogen) atoms. The SMILES string of the molecule is CC(C)OC(=O)[C@@H]1C[C@H]2CC[C@H]2[C@@H](O)C1. The summed E-state index contributed by atoms with van der Waals surface area (Å²) in [7, 11) is 0. The van der Waals surface area contributed by atoms with Crippen LogP contribution in [0.4, 0.5) is 0 Å². The first kappa shape index (κ1) is 10.9. The van der Waals surface area contributed by atoms with Gasteiger partial charge in [0.15, 0.2) is 0 Å². The Balaban J connectivity index is 1.90. The van der Waals surface area contributed by atoms with Crippen LogP contribution in [0.2, 0.25) is 0 Å². The van der Waals surface area contributed by atoms with Crippen molar-refractivity contribution in [2.24, 2.45) is 17.8 Å². The highest BCUT2D eigenvalue weighted by atomic mass is 16.5. The van der Waals surface area contributed by atoms with E-state index in [9.17, 15) is 9.90 Å². The molecule has 0 heterocycles. The zero-order chi connectivity index (χ0) is 11.0. The lowest BCUT2D eigenvalue weighted by Crippen LogP contribution is -2.45. The number of carbonyl (C=O) groups is 1. The quantitative estimate of drug-likeness (QED) is 0.709. The fourth-order valence-electron chi connectivity index (χ4n) is 2.84. The Morgan fingerprint density at radius 3 is 2.53 bits per heavy atom. The van der Waals surface area contributed by atoms with E-state index in [1.807, 2.05) is 13.8 Å². The number of aliphatic hydroxyl groups is 1. The van der Waals surface area contributed by atoms with Gasteiger partial charge in [-0.1, -0.05) is 0 Å². The minimum atomic E-state index is -0.276. The Labute approximate surface area is 90.8 Å². The molecule has 0 spiro atoms. The molecule has 2 aliphatic carbocycles. The number of ether oxygens (including phenoxy) is 1. The lowest BCUT2D eigenvalue weighted by molar-refractivity contribution is -0.159. The molecule has 0 aromatic heterocycles. The van der Waals surface area contributed by atoms with Crippen molar-refractivity contribution in [2.45, 2.75) is 51.7 Å². The molecule has 0 amide bonds. The fourth-order valence-corrected chi connectivity index (χ4v) is 2.84. The lowest BCUT2D eigenvalue weighted by atomic mass is 9.61. The standard InChI is InChI=1S/C12H20O3/c1-7(2)15-12(14)9-5-8-3-4-10(8)11(13)6-9/h7-11,13H,3-6H2,1-2H3/t8-,9-,10-,11+/m1/s1. The van der Waals surface area contributed by atoms with Crippen molar-refractivity contribution in [1.82, 2.24) is 0 Å². The second kappa shape index (κ2) is 4.12. The van der Waals surface area contributed by atoms with E-state index < -0.39 is 0 Å². The first-order valence-electron chi connectivity index (χ1n) is 5.96. The Bertz CT molecular complexity index is 241. The summed E-state index contributed by atoms with van der Waals surface area (Å²) in [6.07, 6.45) is 3.52. The first-order chi connectivity index (χ1) is 7.08. The average molecular weight is 212 g/mol. The van der Waals surface area contributed by atoms with Gasteiger partial charge in [-0.2, -0.15) is 0 Å². The van der Waals surface area contributed by atoms with Crippen molar-refractivity contribution >= 4 is 5.97 Å². The van der Waals surface area contributed by atoms with Crippen molar-refractivity contribution < 1.29 is 14.6 Å². The molecule has 0 unspecified atom stereocenters. The van der Waals surface area contributed by atoms with E-state index >= 15 is 0 Å². The Hall–Kier alpha value is -0.570. The third-order valence-corrected chi connectivity index (χ3v) is 3.77. The summed E-state index contributed by atoms with van der Waals surface area (Å²) < 4.78 is 5.20. The fraction of sp³-hybridized carbons (Fsp3) is 0.917. The predicted octanol–water partition coefficient (Wildman–Crippen LogP) is 1.74. The van der Waals surface area contributed by atoms with Crippen LogP contribution < -0.4 is 0 Å². The van der Waals surface area contributed by atoms with Gasteiger partial charge in [-0.3, -0.25) is 4.79 Å². The molecule has 0 aromatic rings. The summed E-state index contributed by atoms with van der Waals surface area (Å²) in [5.41, 5.74) is 0. The van der Waals surface area contributed by atoms with Crippen LogP contribution in [0.3, 0.4) is 0 Å². The summed E-state index contributed by atoms with van der Waals surface area (Å²) in [5, 5.41) is 9.85. The Morgan fingerprint density at radius 1 is 1.33 bits per heavy atom. The molecule has 2 aliphatic rings. The maximum atomic E-state index is 11.7. The number of carbonyl (C=O) groups excluding carboxylic acids is 1. The topological polar surface area (TPSA) is 46.5 Å². The molecule has 86 valence electrons. The number of hydrogen-bond acceptors (Lipinski definition) is 3. The van der Waals surface area contributed by atoms with E-state index in [1.54, 1.807) is 0 Å². The largest absolute Gasteiger partial charge is 0.463 e. The van der Waals surface area contributed by atoms with Crippen molar-refractivity contribution in [3.05, 3.63) is 0 Å². The maximum absolute atomic E-state index is 11.7. The third-order valence-electron chi connectivity index (χ3n) is 3.77. The highest BCUT2D eigenvalue weighted by molar-refractivity contribution is 5.72. The molecule has 0 saturated heterocycles. The molecular formula is C12H20O3. The molecule has 0 aliphatic heterocycles. The summed E-state index contributed by atoms with van der Waals surface area (Å²) in [6.45, 7) is 3.73. The van der Waals surface area contributed by atoms with Crippen LogP contribution in [0.25, 0.3) is 0 Å². The first-order valence-corrected chi connectivity index (χ1v) is 5.96. The zero-order valence-electron chi connectivity index (χ0n) is 9.48. The van der Waals surface area contributed by atoms with Gasteiger partial charge in [-0.15, -0.1) is 0 Å². The number of esters is 1. The van der Waals surface area contributed by atoms with Gasteiger partial charge >= 0.3 is 5.97 Å². The van der Waals surface area contributed by atoms with Gasteiger partial charge in [0.25, 0.3) is 0 Å². The van der Waals surface area contributed by atoms with E-state index in [1.165, 1.54) is 6.42 Å². The lowest BCUT2D eigenvalue weighted by Gasteiger charge is -2.46. The summed E-state index contributed by atoms with van der Waals surface area (Å²) >= 11 is 0. The number of aliphatic hydroxyl groups excluding tert-OH is 1. The second-order valence-corrected chi connectivity index (χ2v) is 5.22. The van der Waals surface area contributed by atoms with Crippen molar-refractivity contribution in [3.8, 4) is 0 Å². The van der Waals surface area contributed by atoms with Crippen molar-refractivity contribution in [1.29, 1.82) is 0 Å². The number of rotatable bonds is 2. The van der Waals surface area contributed by atoms with Crippen LogP contribution in [0.5, 0.6) is 0 Å². The molecule has 0 aromatic carbocycles. The summed E-state index contributed by atoms with van der Waals surface area (Å²) in [4.78, 5) is 11.7. The van der Waals surface area contributed by atoms with E-state index in [-0.39, 0.29) is 24.1 Å². The molecular weight excluding hydrogens is 192 g/mol. The minimum Gasteiger partial charge on any atom is -0.463 e. The van der Waals surface area contributed by atoms with Gasteiger partial charge in [-0.25, -0.2) is 0 Å². The Kier molecular flexibility index (Phi) is 3.01. The maximum Gasteiger partial charge on any atom is 0.309 e. The van der Waals surface area contributed by atoms with Gasteiger partial charge in [0.2, 0.25) is 0 Å². The number of fused-ring (bicyclic) bond motifs is 1. The molecule has 3 heteroatoms. The second-order valence-electron chi connectivity index (χ2n) is 5.22. The smallest absolute Gasteiger partial charge is 0.309 e. The minimum absolute atomic E-state index is 0.0474. The van der Waals surface area contributed by atoms with Crippen LogP contribution >= 0.6 is 0 Å². The van der Waals surface area contributed by atoms with Gasteiger partial charge < -0.3 is 9.84 Å². The van der Waals surface area contributed by atoms with Crippen molar-refractivity contribution in [2.75, 3.05) is 0 Å². The molecule has 2 saturated carbocycles. The summed E-state index contributed by atoms with van der Waals surface area (Å²) in [5.74, 6) is 0.852. The molecule has 2 fully saturated rings. The predicted molar refractivity (Wildman–Crippen MR) is 56.2 cm³/mol. The van der Waals surface area contributed by atoms with Gasteiger partial charge in [0.1, 0.15) is 0 Å². The monoisotopic (exact) mass is 212 g/mol. The van der Waals surface area contributed by atoms with Crippen LogP contribution in [0.1, 0.15) is 39.5 Å². The van der Waals surface area contributed by atoms with E-state index in [0.29, 0.717) is 18.3 Å². The van der Waals surface area contributed by atoms with E-state index in [2.05, 4.69) is 0 Å². The third kappa shape index (κ3) is 2.17. The van der Waals surface area contributed by atoms with Gasteiger partial charge in [-0.05, 0) is 51.4 Å². The molecule has 4 atom stereocenters. The van der Waals surface area contributed by atoms with Crippen LogP contribution in [-0.4, -0.2) is 23.3 Å². The van der Waals surface area contributed by atoms with Crippen LogP contribution in [0, 0.1) is 17.8 Å². The van der Waals surface area contributed by atoms with Crippen LogP contribution in [0.15, 0.2) is 0 Å². The highest BCUT2D eigenvalue weighted by Gasteiger charge is 2.44. The van der Waals surface area contributed by atoms with E-state index in [0.717, 1.165) is 12.8 Å². The zero-order valence-corrected chi connectivity index (χ0v) is 9.48. The normalized spacial score (nSPS) is 39.5. The molecule has 2 rings (SSSR count). The van der Waals surface area contributed by atoms with Crippen molar-refractivity contribution in [3.63, 3.8) is 0 Å². The molecule has 0 bridgehead atoms. The molecule has 1 N–H and O–H groups in total. The average Bonchev–Trinajstić information content (AvgIpc) is 2.06. The molecule has 3 nitrogen and oxygen atoms in total. The van der Waals surface area contributed by atoms with Crippen LogP contribution in [-0.2, 0) is 9.53 Å². The van der Waals surface area contributed by atoms with Gasteiger partial charge in [0.05, 0.1) is 18.1 Å². The Morgan fingerprint density at radius 2 is 2.07 bits per heavy atom. The number of hydrogen-bond donors (Lipinski definition) is 1. The van der Waals surface area contributed by atoms with Gasteiger partial charge in [0, 0.05) is 0 Å². The summed E-state index contributed by atoms with van der Waals surface area (Å²) in [6, 6.07) is 0.